The van der Waals surface area contributed by atoms with E-state index in [0.717, 1.165) is 18.0 Å². The van der Waals surface area contributed by atoms with Crippen LogP contribution >= 0.6 is 0 Å². The van der Waals surface area contributed by atoms with Crippen molar-refractivity contribution in [3.05, 3.63) is 0 Å². The van der Waals surface area contributed by atoms with E-state index in [1.165, 1.54) is 64.5 Å². The van der Waals surface area contributed by atoms with E-state index in [2.05, 4.69) is 24.1 Å². The highest BCUT2D eigenvalue weighted by atomic mass is 15.3. The lowest BCUT2D eigenvalue weighted by Gasteiger charge is -2.50. The molecule has 2 heteroatoms. The third-order valence-electron chi connectivity index (χ3n) is 5.78. The number of nitrogens with one attached hydrogen (secondary N) is 1. The smallest absolute Gasteiger partial charge is 0.0309 e. The Morgan fingerprint density at radius 3 is 2.50 bits per heavy atom. The van der Waals surface area contributed by atoms with E-state index in [0.29, 0.717) is 5.54 Å². The van der Waals surface area contributed by atoms with Gasteiger partial charge in [0.05, 0.1) is 0 Å². The van der Waals surface area contributed by atoms with Gasteiger partial charge in [0, 0.05) is 30.7 Å². The molecule has 0 aromatic carbocycles. The molecule has 2 aliphatic carbocycles. The summed E-state index contributed by atoms with van der Waals surface area (Å²) in [6.45, 7) is 7.31. The molecular formula is C16H30N2. The predicted molar refractivity (Wildman–Crippen MR) is 76.8 cm³/mol. The van der Waals surface area contributed by atoms with Crippen LogP contribution < -0.4 is 5.32 Å². The summed E-state index contributed by atoms with van der Waals surface area (Å²) in [5.74, 6) is 1.01. The maximum atomic E-state index is 3.94. The van der Waals surface area contributed by atoms with Crippen LogP contribution in [0.25, 0.3) is 0 Å². The summed E-state index contributed by atoms with van der Waals surface area (Å²) in [6, 6.07) is 1.74. The topological polar surface area (TPSA) is 15.3 Å². The van der Waals surface area contributed by atoms with Crippen molar-refractivity contribution in [3.8, 4) is 0 Å². The van der Waals surface area contributed by atoms with Gasteiger partial charge in [0.1, 0.15) is 0 Å². The van der Waals surface area contributed by atoms with E-state index in [-0.39, 0.29) is 0 Å². The van der Waals surface area contributed by atoms with E-state index in [1.807, 2.05) is 0 Å². The number of nitrogens with zero attached hydrogens (tertiary/aromatic N) is 1. The molecule has 0 radical (unpaired) electrons. The van der Waals surface area contributed by atoms with Crippen molar-refractivity contribution >= 4 is 0 Å². The fraction of sp³-hybridized carbons (Fsp3) is 1.00. The van der Waals surface area contributed by atoms with Crippen LogP contribution in [0.4, 0.5) is 0 Å². The predicted octanol–water partition coefficient (Wildman–Crippen LogP) is 3.17. The van der Waals surface area contributed by atoms with Crippen molar-refractivity contribution in [1.29, 1.82) is 0 Å². The average molecular weight is 250 g/mol. The summed E-state index contributed by atoms with van der Waals surface area (Å²) in [4.78, 5) is 2.90. The van der Waals surface area contributed by atoms with E-state index >= 15 is 0 Å². The largest absolute Gasteiger partial charge is 0.308 e. The van der Waals surface area contributed by atoms with Crippen molar-refractivity contribution in [2.75, 3.05) is 13.1 Å². The molecule has 1 saturated heterocycles. The number of rotatable bonds is 3. The Morgan fingerprint density at radius 2 is 1.89 bits per heavy atom. The van der Waals surface area contributed by atoms with Crippen LogP contribution in [0.5, 0.6) is 0 Å². The zero-order chi connectivity index (χ0) is 12.6. The standard InChI is InChI=1S/C16H30N2/c1-3-13-10-15(13)18-12-16(8-6-5-7-9-16)17-11-14(18)4-2/h13-15,17H,3-12H2,1-2H3. The summed E-state index contributed by atoms with van der Waals surface area (Å²) >= 11 is 0. The number of hydrogen-bond donors (Lipinski definition) is 1. The first-order chi connectivity index (χ1) is 8.78. The Hall–Kier alpha value is -0.0800. The van der Waals surface area contributed by atoms with Gasteiger partial charge in [-0.25, -0.2) is 0 Å². The van der Waals surface area contributed by atoms with E-state index in [9.17, 15) is 0 Å². The van der Waals surface area contributed by atoms with E-state index in [1.54, 1.807) is 0 Å². The van der Waals surface area contributed by atoms with Gasteiger partial charge in [-0.15, -0.1) is 0 Å². The third kappa shape index (κ3) is 2.34. The monoisotopic (exact) mass is 250 g/mol. The van der Waals surface area contributed by atoms with Crippen LogP contribution in [0.3, 0.4) is 0 Å². The highest BCUT2D eigenvalue weighted by Crippen LogP contribution is 2.43. The minimum Gasteiger partial charge on any atom is -0.308 e. The van der Waals surface area contributed by atoms with E-state index < -0.39 is 0 Å². The molecule has 3 fully saturated rings. The van der Waals surface area contributed by atoms with Gasteiger partial charge in [0.25, 0.3) is 0 Å². The van der Waals surface area contributed by atoms with Crippen LogP contribution in [0, 0.1) is 5.92 Å². The highest BCUT2D eigenvalue weighted by Gasteiger charge is 2.48. The van der Waals surface area contributed by atoms with E-state index in [4.69, 9.17) is 0 Å². The molecule has 1 N–H and O–H groups in total. The Morgan fingerprint density at radius 1 is 1.11 bits per heavy atom. The molecule has 1 spiro atoms. The maximum absolute atomic E-state index is 3.94. The summed E-state index contributed by atoms with van der Waals surface area (Å²) in [6.07, 6.45) is 11.4. The Bertz CT molecular complexity index is 283. The first-order valence-electron chi connectivity index (χ1n) is 8.29. The molecule has 3 aliphatic rings. The van der Waals surface area contributed by atoms with Crippen LogP contribution in [-0.2, 0) is 0 Å². The van der Waals surface area contributed by atoms with Crippen molar-refractivity contribution in [2.45, 2.75) is 82.8 Å². The summed E-state index contributed by atoms with van der Waals surface area (Å²) in [5, 5.41) is 3.94. The quantitative estimate of drug-likeness (QED) is 0.827. The second kappa shape index (κ2) is 5.13. The van der Waals surface area contributed by atoms with Gasteiger partial charge in [0.15, 0.2) is 0 Å². The lowest BCUT2D eigenvalue weighted by Crippen LogP contribution is -2.65. The van der Waals surface area contributed by atoms with Crippen LogP contribution in [-0.4, -0.2) is 35.6 Å². The fourth-order valence-electron chi connectivity index (χ4n) is 4.39. The first kappa shape index (κ1) is 12.9. The molecule has 0 bridgehead atoms. The van der Waals surface area contributed by atoms with Gasteiger partial charge in [-0.3, -0.25) is 4.90 Å². The van der Waals surface area contributed by atoms with Gasteiger partial charge in [-0.05, 0) is 31.6 Å². The maximum Gasteiger partial charge on any atom is 0.0309 e. The van der Waals surface area contributed by atoms with Gasteiger partial charge in [0.2, 0.25) is 0 Å². The molecule has 0 amide bonds. The first-order valence-corrected chi connectivity index (χ1v) is 8.29. The SMILES string of the molecule is CCC1CC1N1CC2(CCCCC2)NCC1CC. The lowest BCUT2D eigenvalue weighted by molar-refractivity contribution is 0.0443. The van der Waals surface area contributed by atoms with Crippen molar-refractivity contribution in [1.82, 2.24) is 10.2 Å². The zero-order valence-corrected chi connectivity index (χ0v) is 12.3. The van der Waals surface area contributed by atoms with Crippen LogP contribution in [0.15, 0.2) is 0 Å². The molecule has 2 nitrogen and oxygen atoms in total. The zero-order valence-electron chi connectivity index (χ0n) is 12.3. The number of hydrogen-bond acceptors (Lipinski definition) is 2. The van der Waals surface area contributed by atoms with Crippen molar-refractivity contribution in [3.63, 3.8) is 0 Å². The van der Waals surface area contributed by atoms with Crippen LogP contribution in [0.2, 0.25) is 0 Å². The summed E-state index contributed by atoms with van der Waals surface area (Å²) in [5.41, 5.74) is 0.491. The van der Waals surface area contributed by atoms with Gasteiger partial charge < -0.3 is 5.32 Å². The lowest BCUT2D eigenvalue weighted by atomic mass is 9.79. The van der Waals surface area contributed by atoms with Crippen LogP contribution in [0.1, 0.15) is 65.2 Å². The minimum absolute atomic E-state index is 0.491. The van der Waals surface area contributed by atoms with Gasteiger partial charge in [-0.2, -0.15) is 0 Å². The summed E-state index contributed by atoms with van der Waals surface area (Å²) in [7, 11) is 0. The Kier molecular flexibility index (Phi) is 3.68. The Balaban J connectivity index is 1.68. The average Bonchev–Trinajstić information content (AvgIpc) is 3.19. The molecule has 18 heavy (non-hydrogen) atoms. The number of piperazine rings is 1. The molecule has 1 aliphatic heterocycles. The summed E-state index contributed by atoms with van der Waals surface area (Å²) < 4.78 is 0. The molecule has 104 valence electrons. The molecule has 3 unspecified atom stereocenters. The van der Waals surface area contributed by atoms with Crippen molar-refractivity contribution < 1.29 is 0 Å². The van der Waals surface area contributed by atoms with Crippen molar-refractivity contribution in [2.24, 2.45) is 5.92 Å². The second-order valence-corrected chi connectivity index (χ2v) is 6.93. The molecule has 0 aromatic heterocycles. The molecule has 3 rings (SSSR count). The van der Waals surface area contributed by atoms with Gasteiger partial charge in [-0.1, -0.05) is 39.5 Å². The second-order valence-electron chi connectivity index (χ2n) is 6.93. The molecule has 2 saturated carbocycles. The molecule has 3 atom stereocenters. The molecule has 1 heterocycles. The Labute approximate surface area is 113 Å². The highest BCUT2D eigenvalue weighted by molar-refractivity contribution is 5.05. The normalized spacial score (nSPS) is 40.0. The molecule has 0 aromatic rings. The molecular weight excluding hydrogens is 220 g/mol. The van der Waals surface area contributed by atoms with Gasteiger partial charge >= 0.3 is 0 Å². The minimum atomic E-state index is 0.491. The fourth-order valence-corrected chi connectivity index (χ4v) is 4.39. The third-order valence-corrected chi connectivity index (χ3v) is 5.78.